The fourth-order valence-corrected chi connectivity index (χ4v) is 3.05. The predicted octanol–water partition coefficient (Wildman–Crippen LogP) is 3.61. The summed E-state index contributed by atoms with van der Waals surface area (Å²) >= 11 is 0. The second-order valence-corrected chi connectivity index (χ2v) is 6.84. The Morgan fingerprint density at radius 3 is 2.48 bits per heavy atom. The maximum Gasteiger partial charge on any atom is 0.339 e. The molecule has 6 nitrogen and oxygen atoms in total. The molecular weight excluding hydrogens is 370 g/mol. The number of hydrogen-bond donors (Lipinski definition) is 1. The number of carbonyl (C=O) groups excluding carboxylic acids is 2. The summed E-state index contributed by atoms with van der Waals surface area (Å²) in [6.07, 6.45) is 3.07. The fraction of sp³-hybridized carbons (Fsp3) is 0.304. The lowest BCUT2D eigenvalue weighted by Gasteiger charge is -2.19. The van der Waals surface area contributed by atoms with Crippen molar-refractivity contribution in [2.24, 2.45) is 0 Å². The van der Waals surface area contributed by atoms with E-state index in [0.717, 1.165) is 18.4 Å². The molecule has 1 aliphatic rings. The van der Waals surface area contributed by atoms with Crippen LogP contribution in [0.1, 0.15) is 40.4 Å². The average molecular weight is 395 g/mol. The van der Waals surface area contributed by atoms with Gasteiger partial charge in [0.2, 0.25) is 6.10 Å². The van der Waals surface area contributed by atoms with Crippen molar-refractivity contribution >= 4 is 11.9 Å². The summed E-state index contributed by atoms with van der Waals surface area (Å²) in [5.41, 5.74) is 1.64. The third-order valence-electron chi connectivity index (χ3n) is 4.64. The molecule has 0 heterocycles. The molecule has 1 unspecified atom stereocenters. The third-order valence-corrected chi connectivity index (χ3v) is 4.64. The Kier molecular flexibility index (Phi) is 6.54. The van der Waals surface area contributed by atoms with Crippen LogP contribution in [0, 0.1) is 0 Å². The van der Waals surface area contributed by atoms with E-state index < -0.39 is 12.1 Å². The van der Waals surface area contributed by atoms with Crippen molar-refractivity contribution < 1.29 is 23.8 Å². The highest BCUT2D eigenvalue weighted by Crippen LogP contribution is 2.34. The van der Waals surface area contributed by atoms with Crippen LogP contribution in [-0.4, -0.2) is 32.1 Å². The van der Waals surface area contributed by atoms with Gasteiger partial charge in [0.1, 0.15) is 0 Å². The highest BCUT2D eigenvalue weighted by molar-refractivity contribution is 5.93. The van der Waals surface area contributed by atoms with Crippen molar-refractivity contribution in [1.82, 2.24) is 5.32 Å². The summed E-state index contributed by atoms with van der Waals surface area (Å²) in [5, 5.41) is 2.91. The summed E-state index contributed by atoms with van der Waals surface area (Å²) in [6, 6.07) is 12.4. The minimum atomic E-state index is -1.03. The molecular formula is C23H25NO5. The molecule has 1 amide bonds. The van der Waals surface area contributed by atoms with Crippen LogP contribution in [0.15, 0.2) is 55.1 Å². The van der Waals surface area contributed by atoms with Crippen LogP contribution in [0.2, 0.25) is 0 Å². The topological polar surface area (TPSA) is 73.9 Å². The smallest absolute Gasteiger partial charge is 0.339 e. The van der Waals surface area contributed by atoms with Gasteiger partial charge >= 0.3 is 5.97 Å². The van der Waals surface area contributed by atoms with Crippen LogP contribution < -0.4 is 14.8 Å². The van der Waals surface area contributed by atoms with Gasteiger partial charge in [-0.05, 0) is 31.4 Å². The summed E-state index contributed by atoms with van der Waals surface area (Å²) in [5.74, 6) is 0.0161. The molecule has 0 saturated heterocycles. The molecule has 0 aliphatic heterocycles. The maximum atomic E-state index is 12.9. The molecule has 152 valence electrons. The number of benzene rings is 2. The summed E-state index contributed by atoms with van der Waals surface area (Å²) < 4.78 is 16.4. The first kappa shape index (κ1) is 20.5. The quantitative estimate of drug-likeness (QED) is 0.519. The number of amides is 1. The molecule has 1 aliphatic carbocycles. The lowest BCUT2D eigenvalue weighted by molar-refractivity contribution is -0.130. The molecule has 0 bridgehead atoms. The highest BCUT2D eigenvalue weighted by Gasteiger charge is 2.31. The van der Waals surface area contributed by atoms with E-state index in [1.54, 1.807) is 42.5 Å². The lowest BCUT2D eigenvalue weighted by atomic mass is 10.0. The zero-order valence-corrected chi connectivity index (χ0v) is 16.6. The first-order valence-corrected chi connectivity index (χ1v) is 9.49. The van der Waals surface area contributed by atoms with Gasteiger partial charge in [0.05, 0.1) is 19.8 Å². The van der Waals surface area contributed by atoms with E-state index in [2.05, 4.69) is 11.9 Å². The number of hydrogen-bond acceptors (Lipinski definition) is 5. The molecule has 6 heteroatoms. The normalized spacial score (nSPS) is 13.9. The van der Waals surface area contributed by atoms with Gasteiger partial charge in [0, 0.05) is 17.2 Å². The zero-order chi connectivity index (χ0) is 20.8. The van der Waals surface area contributed by atoms with Crippen LogP contribution in [0.25, 0.3) is 0 Å². The molecule has 1 saturated carbocycles. The Bertz CT molecular complexity index is 890. The number of carbonyl (C=O) groups is 2. The molecule has 0 radical (unpaired) electrons. The van der Waals surface area contributed by atoms with Gasteiger partial charge in [-0.15, -0.1) is 6.58 Å². The summed E-state index contributed by atoms with van der Waals surface area (Å²) in [6.45, 7) is 3.74. The average Bonchev–Trinajstić information content (AvgIpc) is 3.55. The first-order chi connectivity index (χ1) is 14.1. The second-order valence-electron chi connectivity index (χ2n) is 6.84. The van der Waals surface area contributed by atoms with E-state index in [1.807, 2.05) is 6.07 Å². The molecule has 3 rings (SSSR count). The van der Waals surface area contributed by atoms with Crippen LogP contribution in [0.3, 0.4) is 0 Å². The Hall–Kier alpha value is -3.28. The molecule has 1 atom stereocenters. The van der Waals surface area contributed by atoms with Gasteiger partial charge in [-0.3, -0.25) is 4.79 Å². The minimum Gasteiger partial charge on any atom is -0.493 e. The fourth-order valence-electron chi connectivity index (χ4n) is 3.05. The van der Waals surface area contributed by atoms with Crippen molar-refractivity contribution in [1.29, 1.82) is 0 Å². The predicted molar refractivity (Wildman–Crippen MR) is 109 cm³/mol. The monoisotopic (exact) mass is 395 g/mol. The maximum absolute atomic E-state index is 12.9. The van der Waals surface area contributed by atoms with Gasteiger partial charge in [0.25, 0.3) is 5.91 Å². The Labute approximate surface area is 170 Å². The second kappa shape index (κ2) is 9.28. The van der Waals surface area contributed by atoms with Gasteiger partial charge in [-0.1, -0.05) is 36.4 Å². The van der Waals surface area contributed by atoms with E-state index in [4.69, 9.17) is 14.2 Å². The third kappa shape index (κ3) is 4.96. The standard InChI is InChI=1S/C23H25NO5/c1-4-8-16-13-17(14-19(27-2)20(16)28-3)23(26)29-21(15-9-6-5-7-10-15)22(25)24-18-11-12-18/h4-7,9-10,13-14,18,21H,1,8,11-12H2,2-3H3,(H,24,25). The van der Waals surface area contributed by atoms with Crippen molar-refractivity contribution in [2.45, 2.75) is 31.4 Å². The Balaban J connectivity index is 1.89. The molecule has 0 spiro atoms. The Morgan fingerprint density at radius 2 is 1.90 bits per heavy atom. The van der Waals surface area contributed by atoms with Crippen molar-refractivity contribution in [3.63, 3.8) is 0 Å². The van der Waals surface area contributed by atoms with Crippen LogP contribution in [0.4, 0.5) is 0 Å². The number of allylic oxidation sites excluding steroid dienone is 1. The van der Waals surface area contributed by atoms with Gasteiger partial charge in [0.15, 0.2) is 11.5 Å². The van der Waals surface area contributed by atoms with Crippen molar-refractivity contribution in [3.05, 3.63) is 71.8 Å². The SMILES string of the molecule is C=CCc1cc(C(=O)OC(C(=O)NC2CC2)c2ccccc2)cc(OC)c1OC. The van der Waals surface area contributed by atoms with Crippen molar-refractivity contribution in [3.8, 4) is 11.5 Å². The van der Waals surface area contributed by atoms with E-state index in [9.17, 15) is 9.59 Å². The molecule has 1 fully saturated rings. The minimum absolute atomic E-state index is 0.160. The first-order valence-electron chi connectivity index (χ1n) is 9.49. The van der Waals surface area contributed by atoms with Crippen LogP contribution in [-0.2, 0) is 16.0 Å². The number of methoxy groups -OCH3 is 2. The lowest BCUT2D eigenvalue weighted by Crippen LogP contribution is -2.33. The van der Waals surface area contributed by atoms with E-state index in [1.165, 1.54) is 14.2 Å². The molecule has 0 aromatic heterocycles. The largest absolute Gasteiger partial charge is 0.493 e. The van der Waals surface area contributed by atoms with Crippen LogP contribution in [0.5, 0.6) is 11.5 Å². The van der Waals surface area contributed by atoms with Gasteiger partial charge in [-0.2, -0.15) is 0 Å². The summed E-state index contributed by atoms with van der Waals surface area (Å²) in [7, 11) is 3.04. The van der Waals surface area contributed by atoms with E-state index in [0.29, 0.717) is 23.5 Å². The molecule has 2 aromatic carbocycles. The van der Waals surface area contributed by atoms with E-state index in [-0.39, 0.29) is 17.5 Å². The summed E-state index contributed by atoms with van der Waals surface area (Å²) in [4.78, 5) is 25.6. The number of esters is 1. The van der Waals surface area contributed by atoms with Crippen LogP contribution >= 0.6 is 0 Å². The molecule has 29 heavy (non-hydrogen) atoms. The van der Waals surface area contributed by atoms with Crippen molar-refractivity contribution in [2.75, 3.05) is 14.2 Å². The highest BCUT2D eigenvalue weighted by atomic mass is 16.5. The van der Waals surface area contributed by atoms with Gasteiger partial charge in [-0.25, -0.2) is 4.79 Å². The molecule has 2 aromatic rings. The number of ether oxygens (including phenoxy) is 3. The number of rotatable bonds is 9. The Morgan fingerprint density at radius 1 is 1.17 bits per heavy atom. The van der Waals surface area contributed by atoms with Gasteiger partial charge < -0.3 is 19.5 Å². The zero-order valence-electron chi connectivity index (χ0n) is 16.6. The molecule has 1 N–H and O–H groups in total. The van der Waals surface area contributed by atoms with E-state index >= 15 is 0 Å². The number of nitrogens with one attached hydrogen (secondary N) is 1.